The first kappa shape index (κ1) is 15.3. The van der Waals surface area contributed by atoms with Crippen LogP contribution in [0.4, 0.5) is 0 Å². The monoisotopic (exact) mass is 286 g/mol. The molecule has 0 bridgehead atoms. The molecule has 4 heteroatoms. The second-order valence-electron chi connectivity index (χ2n) is 6.13. The molecule has 0 amide bonds. The Hall–Kier alpha value is -2.10. The van der Waals surface area contributed by atoms with E-state index in [2.05, 4.69) is 30.7 Å². The Labute approximate surface area is 125 Å². The van der Waals surface area contributed by atoms with Crippen LogP contribution in [0.15, 0.2) is 31.0 Å². The number of carbonyl (C=O) groups excluding carboxylic acids is 1. The van der Waals surface area contributed by atoms with Crippen molar-refractivity contribution in [2.24, 2.45) is 5.41 Å². The first-order valence-electron chi connectivity index (χ1n) is 7.06. The molecule has 0 aliphatic heterocycles. The number of nitrogens with zero attached hydrogens (tertiary/aromatic N) is 2. The van der Waals surface area contributed by atoms with Crippen molar-refractivity contribution >= 4 is 16.9 Å². The van der Waals surface area contributed by atoms with Crippen LogP contribution in [0.2, 0.25) is 0 Å². The van der Waals surface area contributed by atoms with E-state index in [0.29, 0.717) is 6.42 Å². The highest BCUT2D eigenvalue weighted by Gasteiger charge is 2.27. The van der Waals surface area contributed by atoms with Gasteiger partial charge in [-0.3, -0.25) is 4.79 Å². The van der Waals surface area contributed by atoms with Crippen molar-refractivity contribution in [3.8, 4) is 0 Å². The number of rotatable bonds is 5. The summed E-state index contributed by atoms with van der Waals surface area (Å²) in [6.07, 6.45) is 4.23. The van der Waals surface area contributed by atoms with Crippen molar-refractivity contribution in [2.75, 3.05) is 0 Å². The van der Waals surface area contributed by atoms with Crippen LogP contribution in [0.3, 0.4) is 0 Å². The SMILES string of the molecule is C=CCC(C)(C)C(=O)OCn1cc2cc(C)cc(C)c2n1. The molecule has 21 heavy (non-hydrogen) atoms. The Morgan fingerprint density at radius 2 is 2.14 bits per heavy atom. The lowest BCUT2D eigenvalue weighted by Crippen LogP contribution is -2.26. The van der Waals surface area contributed by atoms with E-state index in [1.165, 1.54) is 5.56 Å². The van der Waals surface area contributed by atoms with Crippen LogP contribution in [0.25, 0.3) is 10.9 Å². The predicted molar refractivity (Wildman–Crippen MR) is 83.9 cm³/mol. The van der Waals surface area contributed by atoms with E-state index in [4.69, 9.17) is 4.74 Å². The smallest absolute Gasteiger partial charge is 0.313 e. The number of aromatic nitrogens is 2. The molecule has 2 rings (SSSR count). The molecule has 0 saturated carbocycles. The number of hydrogen-bond donors (Lipinski definition) is 0. The third kappa shape index (κ3) is 3.32. The van der Waals surface area contributed by atoms with Gasteiger partial charge in [0.15, 0.2) is 6.73 Å². The minimum atomic E-state index is -0.555. The van der Waals surface area contributed by atoms with Crippen LogP contribution in [-0.2, 0) is 16.3 Å². The minimum absolute atomic E-state index is 0.132. The minimum Gasteiger partial charge on any atom is -0.442 e. The molecule has 1 aromatic carbocycles. The zero-order chi connectivity index (χ0) is 15.6. The van der Waals surface area contributed by atoms with Gasteiger partial charge in [0.1, 0.15) is 0 Å². The van der Waals surface area contributed by atoms with Crippen LogP contribution >= 0.6 is 0 Å². The van der Waals surface area contributed by atoms with Gasteiger partial charge in [0, 0.05) is 11.6 Å². The number of carbonyl (C=O) groups is 1. The molecule has 0 N–H and O–H groups in total. The average molecular weight is 286 g/mol. The molecule has 0 aliphatic rings. The summed E-state index contributed by atoms with van der Waals surface area (Å²) in [6.45, 7) is 11.6. The van der Waals surface area contributed by atoms with Gasteiger partial charge in [0.25, 0.3) is 0 Å². The van der Waals surface area contributed by atoms with E-state index in [1.54, 1.807) is 10.8 Å². The van der Waals surface area contributed by atoms with Gasteiger partial charge >= 0.3 is 5.97 Å². The van der Waals surface area contributed by atoms with Crippen molar-refractivity contribution in [3.63, 3.8) is 0 Å². The Morgan fingerprint density at radius 1 is 1.43 bits per heavy atom. The van der Waals surface area contributed by atoms with Gasteiger partial charge in [-0.1, -0.05) is 17.7 Å². The zero-order valence-corrected chi connectivity index (χ0v) is 13.1. The van der Waals surface area contributed by atoms with E-state index in [-0.39, 0.29) is 12.7 Å². The molecule has 0 radical (unpaired) electrons. The fraction of sp³-hybridized carbons (Fsp3) is 0.412. The van der Waals surface area contributed by atoms with Crippen molar-refractivity contribution in [3.05, 3.63) is 42.1 Å². The number of hydrogen-bond acceptors (Lipinski definition) is 3. The Balaban J connectivity index is 2.12. The van der Waals surface area contributed by atoms with Gasteiger partial charge in [-0.15, -0.1) is 6.58 Å². The van der Waals surface area contributed by atoms with Crippen LogP contribution < -0.4 is 0 Å². The van der Waals surface area contributed by atoms with Gasteiger partial charge in [-0.25, -0.2) is 4.68 Å². The zero-order valence-electron chi connectivity index (χ0n) is 13.1. The van der Waals surface area contributed by atoms with E-state index in [0.717, 1.165) is 16.5 Å². The van der Waals surface area contributed by atoms with E-state index in [9.17, 15) is 4.79 Å². The van der Waals surface area contributed by atoms with E-state index < -0.39 is 5.41 Å². The quantitative estimate of drug-likeness (QED) is 0.621. The van der Waals surface area contributed by atoms with Gasteiger partial charge in [0.05, 0.1) is 10.9 Å². The fourth-order valence-corrected chi connectivity index (χ4v) is 2.38. The first-order valence-corrected chi connectivity index (χ1v) is 7.06. The number of esters is 1. The summed E-state index contributed by atoms with van der Waals surface area (Å²) in [7, 11) is 0. The molecule has 2 aromatic rings. The molecule has 0 aliphatic carbocycles. The highest BCUT2D eigenvalue weighted by Crippen LogP contribution is 2.23. The molecule has 1 aromatic heterocycles. The summed E-state index contributed by atoms with van der Waals surface area (Å²) in [4.78, 5) is 12.1. The summed E-state index contributed by atoms with van der Waals surface area (Å²) in [5, 5.41) is 5.54. The Bertz CT molecular complexity index is 683. The van der Waals surface area contributed by atoms with Gasteiger partial charge < -0.3 is 4.74 Å². The van der Waals surface area contributed by atoms with Crippen LogP contribution in [0.1, 0.15) is 31.4 Å². The highest BCUT2D eigenvalue weighted by molar-refractivity contribution is 5.82. The van der Waals surface area contributed by atoms with Crippen LogP contribution in [0, 0.1) is 19.3 Å². The van der Waals surface area contributed by atoms with Crippen molar-refractivity contribution in [2.45, 2.75) is 40.8 Å². The number of ether oxygens (including phenoxy) is 1. The summed E-state index contributed by atoms with van der Waals surface area (Å²) in [5.74, 6) is -0.241. The number of fused-ring (bicyclic) bond motifs is 1. The van der Waals surface area contributed by atoms with Gasteiger partial charge in [0.2, 0.25) is 0 Å². The lowest BCUT2D eigenvalue weighted by atomic mass is 9.90. The summed E-state index contributed by atoms with van der Waals surface area (Å²) < 4.78 is 7.02. The maximum atomic E-state index is 12.1. The molecule has 0 spiro atoms. The molecule has 0 atom stereocenters. The third-order valence-electron chi connectivity index (χ3n) is 3.53. The normalized spacial score (nSPS) is 11.6. The second-order valence-corrected chi connectivity index (χ2v) is 6.13. The lowest BCUT2D eigenvalue weighted by molar-refractivity contribution is -0.158. The Morgan fingerprint density at radius 3 is 2.81 bits per heavy atom. The number of aryl methyl sites for hydroxylation is 2. The molecular formula is C17H22N2O2. The predicted octanol–water partition coefficient (Wildman–Crippen LogP) is 3.76. The van der Waals surface area contributed by atoms with Crippen molar-refractivity contribution < 1.29 is 9.53 Å². The topological polar surface area (TPSA) is 44.1 Å². The van der Waals surface area contributed by atoms with Crippen LogP contribution in [-0.4, -0.2) is 15.7 Å². The maximum Gasteiger partial charge on any atom is 0.313 e. The first-order chi connectivity index (χ1) is 9.83. The fourth-order valence-electron chi connectivity index (χ4n) is 2.38. The molecule has 0 unspecified atom stereocenters. The highest BCUT2D eigenvalue weighted by atomic mass is 16.5. The molecule has 0 saturated heterocycles. The van der Waals surface area contributed by atoms with Gasteiger partial charge in [-0.2, -0.15) is 5.10 Å². The standard InChI is InChI=1S/C17H22N2O2/c1-6-7-17(4,5)16(20)21-11-19-10-14-9-12(2)8-13(3)15(14)18-19/h6,8-10H,1,7,11H2,2-5H3. The molecule has 4 nitrogen and oxygen atoms in total. The number of allylic oxidation sites excluding steroid dienone is 1. The van der Waals surface area contributed by atoms with Crippen molar-refractivity contribution in [1.29, 1.82) is 0 Å². The van der Waals surface area contributed by atoms with Crippen molar-refractivity contribution in [1.82, 2.24) is 9.78 Å². The van der Waals surface area contributed by atoms with E-state index in [1.807, 2.05) is 27.0 Å². The molecule has 112 valence electrons. The average Bonchev–Trinajstić information content (AvgIpc) is 2.79. The van der Waals surface area contributed by atoms with Crippen LogP contribution in [0.5, 0.6) is 0 Å². The number of benzene rings is 1. The second kappa shape index (κ2) is 5.72. The molecule has 1 heterocycles. The maximum absolute atomic E-state index is 12.1. The molecule has 0 fully saturated rings. The summed E-state index contributed by atoms with van der Waals surface area (Å²) in [6, 6.07) is 4.17. The lowest BCUT2D eigenvalue weighted by Gasteiger charge is -2.20. The largest absolute Gasteiger partial charge is 0.442 e. The Kier molecular flexibility index (Phi) is 4.16. The third-order valence-corrected chi connectivity index (χ3v) is 3.53. The summed E-state index contributed by atoms with van der Waals surface area (Å²) >= 11 is 0. The van der Waals surface area contributed by atoms with Gasteiger partial charge in [-0.05, 0) is 45.7 Å². The van der Waals surface area contributed by atoms with E-state index >= 15 is 0 Å². The molecular weight excluding hydrogens is 264 g/mol. The summed E-state index contributed by atoms with van der Waals surface area (Å²) in [5.41, 5.74) is 2.72.